The Balaban J connectivity index is 1.69. The van der Waals surface area contributed by atoms with Crippen molar-refractivity contribution in [1.82, 2.24) is 4.98 Å². The average Bonchev–Trinajstić information content (AvgIpc) is 3.28. The molecule has 0 radical (unpaired) electrons. The number of carboxylic acid groups (broad SMARTS) is 1. The van der Waals surface area contributed by atoms with Crippen molar-refractivity contribution >= 4 is 34.2 Å². The number of oxazole rings is 1. The Morgan fingerprint density at radius 1 is 1.11 bits per heavy atom. The number of benzene rings is 2. The maximum absolute atomic E-state index is 12.7. The Morgan fingerprint density at radius 3 is 2.61 bits per heavy atom. The fourth-order valence-corrected chi connectivity index (χ4v) is 4.14. The minimum absolute atomic E-state index is 0.00123. The number of aromatic nitrogens is 1. The van der Waals surface area contributed by atoms with E-state index in [0.29, 0.717) is 21.5 Å². The van der Waals surface area contributed by atoms with Crippen molar-refractivity contribution in [3.05, 3.63) is 75.3 Å². The lowest BCUT2D eigenvalue weighted by Crippen LogP contribution is -2.07. The number of aryl methyl sites for hydroxylation is 2. The Kier molecular flexibility index (Phi) is 4.57. The smallest absolute Gasteiger partial charge is 0.337 e. The Hall–Kier alpha value is -3.25. The standard InChI is InChI=1S/C22H17NO4S/c1-12-7-8-14(9-13(12)2)15-11-28-19(20(15)22(25)26)10-17(24)21-23-16-5-3-4-6-18(16)27-21/h3-9,11H,10H2,1-2H3,(H,25,26). The topological polar surface area (TPSA) is 80.4 Å². The van der Waals surface area contributed by atoms with Crippen LogP contribution in [0.15, 0.2) is 52.3 Å². The predicted molar refractivity (Wildman–Crippen MR) is 108 cm³/mol. The molecule has 28 heavy (non-hydrogen) atoms. The molecule has 0 amide bonds. The third-order valence-corrected chi connectivity index (χ3v) is 5.74. The number of ketones is 1. The zero-order valence-electron chi connectivity index (χ0n) is 15.4. The molecule has 0 fully saturated rings. The van der Waals surface area contributed by atoms with Gasteiger partial charge in [-0.25, -0.2) is 9.78 Å². The first kappa shape index (κ1) is 18.1. The van der Waals surface area contributed by atoms with E-state index in [9.17, 15) is 14.7 Å². The summed E-state index contributed by atoms with van der Waals surface area (Å²) in [6, 6.07) is 13.0. The van der Waals surface area contributed by atoms with Crippen LogP contribution in [-0.4, -0.2) is 21.8 Å². The molecule has 0 bridgehead atoms. The molecule has 5 nitrogen and oxygen atoms in total. The van der Waals surface area contributed by atoms with Crippen LogP contribution >= 0.6 is 11.3 Å². The van der Waals surface area contributed by atoms with E-state index < -0.39 is 5.97 Å². The molecule has 2 aromatic heterocycles. The van der Waals surface area contributed by atoms with E-state index >= 15 is 0 Å². The van der Waals surface area contributed by atoms with Crippen LogP contribution in [0.1, 0.15) is 37.0 Å². The number of carbonyl (C=O) groups is 2. The lowest BCUT2D eigenvalue weighted by Gasteiger charge is -2.06. The van der Waals surface area contributed by atoms with Gasteiger partial charge in [-0.2, -0.15) is 0 Å². The van der Waals surface area contributed by atoms with E-state index in [2.05, 4.69) is 4.98 Å². The van der Waals surface area contributed by atoms with Gasteiger partial charge < -0.3 is 9.52 Å². The van der Waals surface area contributed by atoms with E-state index in [4.69, 9.17) is 4.42 Å². The van der Waals surface area contributed by atoms with Crippen LogP contribution in [-0.2, 0) is 6.42 Å². The van der Waals surface area contributed by atoms with Crippen molar-refractivity contribution < 1.29 is 19.1 Å². The van der Waals surface area contributed by atoms with E-state index in [0.717, 1.165) is 16.7 Å². The highest BCUT2D eigenvalue weighted by Gasteiger charge is 2.24. The normalized spacial score (nSPS) is 11.1. The highest BCUT2D eigenvalue weighted by molar-refractivity contribution is 7.11. The number of thiophene rings is 1. The van der Waals surface area contributed by atoms with Crippen molar-refractivity contribution in [2.24, 2.45) is 0 Å². The zero-order valence-corrected chi connectivity index (χ0v) is 16.2. The van der Waals surface area contributed by atoms with Crippen LogP contribution in [0, 0.1) is 13.8 Å². The van der Waals surface area contributed by atoms with Crippen molar-refractivity contribution in [3.63, 3.8) is 0 Å². The number of carbonyl (C=O) groups excluding carboxylic acids is 1. The summed E-state index contributed by atoms with van der Waals surface area (Å²) in [5.74, 6) is -1.39. The lowest BCUT2D eigenvalue weighted by molar-refractivity contribution is 0.0697. The number of hydrogen-bond donors (Lipinski definition) is 1. The number of nitrogens with zero attached hydrogens (tertiary/aromatic N) is 1. The van der Waals surface area contributed by atoms with Gasteiger partial charge in [-0.15, -0.1) is 11.3 Å². The molecule has 0 saturated heterocycles. The summed E-state index contributed by atoms with van der Waals surface area (Å²) < 4.78 is 5.52. The van der Waals surface area contributed by atoms with Crippen molar-refractivity contribution in [2.45, 2.75) is 20.3 Å². The van der Waals surface area contributed by atoms with Crippen LogP contribution in [0.2, 0.25) is 0 Å². The first-order chi connectivity index (χ1) is 13.4. The van der Waals surface area contributed by atoms with Crippen molar-refractivity contribution in [2.75, 3.05) is 0 Å². The van der Waals surface area contributed by atoms with Gasteiger partial charge in [0.25, 0.3) is 5.89 Å². The largest absolute Gasteiger partial charge is 0.478 e. The van der Waals surface area contributed by atoms with Crippen LogP contribution in [0.5, 0.6) is 0 Å². The molecule has 4 rings (SSSR count). The van der Waals surface area contributed by atoms with E-state index in [-0.39, 0.29) is 23.7 Å². The molecule has 0 saturated carbocycles. The number of rotatable bonds is 5. The van der Waals surface area contributed by atoms with Gasteiger partial charge in [0, 0.05) is 10.4 Å². The number of hydrogen-bond acceptors (Lipinski definition) is 5. The van der Waals surface area contributed by atoms with Gasteiger partial charge in [0.05, 0.1) is 12.0 Å². The van der Waals surface area contributed by atoms with Crippen LogP contribution in [0.25, 0.3) is 22.2 Å². The number of carboxylic acids is 1. The fourth-order valence-electron chi connectivity index (χ4n) is 3.10. The van der Waals surface area contributed by atoms with E-state index in [1.165, 1.54) is 11.3 Å². The molecule has 4 aromatic rings. The van der Waals surface area contributed by atoms with Crippen LogP contribution in [0.3, 0.4) is 0 Å². The maximum atomic E-state index is 12.7. The molecule has 1 N–H and O–H groups in total. The zero-order chi connectivity index (χ0) is 19.8. The Morgan fingerprint density at radius 2 is 1.89 bits per heavy atom. The van der Waals surface area contributed by atoms with E-state index in [1.54, 1.807) is 23.6 Å². The first-order valence-corrected chi connectivity index (χ1v) is 9.62. The molecular formula is C22H17NO4S. The molecule has 0 atom stereocenters. The highest BCUT2D eigenvalue weighted by atomic mass is 32.1. The SMILES string of the molecule is Cc1ccc(-c2csc(CC(=O)c3nc4ccccc4o3)c2C(=O)O)cc1C. The van der Waals surface area contributed by atoms with Crippen LogP contribution < -0.4 is 0 Å². The maximum Gasteiger partial charge on any atom is 0.337 e. The van der Waals surface area contributed by atoms with E-state index in [1.807, 2.05) is 38.1 Å². The third kappa shape index (κ3) is 3.23. The molecule has 0 aliphatic carbocycles. The van der Waals surface area contributed by atoms with Crippen molar-refractivity contribution in [3.8, 4) is 11.1 Å². The quantitative estimate of drug-likeness (QED) is 0.467. The lowest BCUT2D eigenvalue weighted by atomic mass is 9.98. The van der Waals surface area contributed by atoms with Gasteiger partial charge in [0.1, 0.15) is 5.52 Å². The van der Waals surface area contributed by atoms with Crippen molar-refractivity contribution in [1.29, 1.82) is 0 Å². The van der Waals surface area contributed by atoms with Gasteiger partial charge in [-0.05, 0) is 48.1 Å². The van der Waals surface area contributed by atoms with Gasteiger partial charge in [0.15, 0.2) is 5.58 Å². The number of para-hydroxylation sites is 2. The summed E-state index contributed by atoms with van der Waals surface area (Å²) in [6.07, 6.45) is -0.0655. The Labute approximate surface area is 165 Å². The minimum atomic E-state index is -1.05. The molecule has 2 heterocycles. The average molecular weight is 391 g/mol. The number of Topliss-reactive ketones (excluding diaryl/α,β-unsaturated/α-hetero) is 1. The summed E-state index contributed by atoms with van der Waals surface area (Å²) >= 11 is 1.27. The predicted octanol–water partition coefficient (Wildman–Crippen LogP) is 5.30. The van der Waals surface area contributed by atoms with Crippen LogP contribution in [0.4, 0.5) is 0 Å². The molecule has 0 aliphatic heterocycles. The van der Waals surface area contributed by atoms with Gasteiger partial charge in [-0.1, -0.05) is 30.3 Å². The molecule has 0 spiro atoms. The summed E-state index contributed by atoms with van der Waals surface area (Å²) in [4.78, 5) is 29.3. The summed E-state index contributed by atoms with van der Waals surface area (Å²) in [5.41, 5.74) is 4.99. The molecule has 140 valence electrons. The second-order valence-electron chi connectivity index (χ2n) is 6.64. The highest BCUT2D eigenvalue weighted by Crippen LogP contribution is 2.33. The van der Waals surface area contributed by atoms with Gasteiger partial charge >= 0.3 is 5.97 Å². The molecule has 0 aliphatic rings. The molecule has 0 unspecified atom stereocenters. The van der Waals surface area contributed by atoms with Gasteiger partial charge in [-0.3, -0.25) is 4.79 Å². The summed E-state index contributed by atoms with van der Waals surface area (Å²) in [7, 11) is 0. The second kappa shape index (κ2) is 7.05. The van der Waals surface area contributed by atoms with Gasteiger partial charge in [0.2, 0.25) is 5.78 Å². The second-order valence-corrected chi connectivity index (χ2v) is 7.60. The first-order valence-electron chi connectivity index (χ1n) is 8.74. The summed E-state index contributed by atoms with van der Waals surface area (Å²) in [5, 5.41) is 11.6. The molecule has 6 heteroatoms. The number of fused-ring (bicyclic) bond motifs is 1. The number of aromatic carboxylic acids is 1. The third-order valence-electron chi connectivity index (χ3n) is 4.75. The molecular weight excluding hydrogens is 374 g/mol. The summed E-state index contributed by atoms with van der Waals surface area (Å²) in [6.45, 7) is 4.00. The fraction of sp³-hybridized carbons (Fsp3) is 0.136. The Bertz CT molecular complexity index is 1190. The molecule has 2 aromatic carbocycles. The minimum Gasteiger partial charge on any atom is -0.478 e. The monoisotopic (exact) mass is 391 g/mol.